The summed E-state index contributed by atoms with van der Waals surface area (Å²) in [6.07, 6.45) is 2.17. The first kappa shape index (κ1) is 17.5. The lowest BCUT2D eigenvalue weighted by molar-refractivity contribution is 0.0949. The summed E-state index contributed by atoms with van der Waals surface area (Å²) in [4.78, 5) is 16.2. The number of carbonyl (C=O) groups is 1. The molecular formula is C22H24N2O3. The van der Waals surface area contributed by atoms with E-state index in [0.29, 0.717) is 23.6 Å². The molecule has 1 fully saturated rings. The van der Waals surface area contributed by atoms with Crippen LogP contribution in [0, 0.1) is 6.92 Å². The molecule has 1 saturated carbocycles. The summed E-state index contributed by atoms with van der Waals surface area (Å²) in [6, 6.07) is 13.6. The van der Waals surface area contributed by atoms with Crippen molar-refractivity contribution in [3.05, 3.63) is 59.3 Å². The summed E-state index contributed by atoms with van der Waals surface area (Å²) in [7, 11) is 3.15. The van der Waals surface area contributed by atoms with Crippen LogP contribution in [0.5, 0.6) is 11.5 Å². The number of ether oxygens (including phenoxy) is 2. The molecule has 140 valence electrons. The summed E-state index contributed by atoms with van der Waals surface area (Å²) in [5.74, 6) is 1.07. The van der Waals surface area contributed by atoms with Gasteiger partial charge in [0.2, 0.25) is 0 Å². The van der Waals surface area contributed by atoms with Crippen LogP contribution in [0.1, 0.15) is 34.5 Å². The van der Waals surface area contributed by atoms with Crippen LogP contribution in [0.15, 0.2) is 42.5 Å². The van der Waals surface area contributed by atoms with Crippen LogP contribution in [-0.2, 0) is 5.41 Å². The number of benzene rings is 2. The zero-order chi connectivity index (χ0) is 19.0. The molecule has 0 unspecified atom stereocenters. The number of para-hydroxylation sites is 1. The minimum absolute atomic E-state index is 0.0237. The maximum absolute atomic E-state index is 12.7. The smallest absolute Gasteiger partial charge is 0.251 e. The van der Waals surface area contributed by atoms with Crippen LogP contribution in [0.3, 0.4) is 0 Å². The van der Waals surface area contributed by atoms with Crippen molar-refractivity contribution >= 4 is 16.8 Å². The van der Waals surface area contributed by atoms with Gasteiger partial charge in [0.05, 0.1) is 14.2 Å². The molecule has 1 aliphatic rings. The minimum atomic E-state index is -0.0975. The molecule has 0 saturated heterocycles. The van der Waals surface area contributed by atoms with E-state index in [2.05, 4.69) is 35.4 Å². The molecule has 0 bridgehead atoms. The summed E-state index contributed by atoms with van der Waals surface area (Å²) in [5.41, 5.74) is 4.27. The molecule has 27 heavy (non-hydrogen) atoms. The Morgan fingerprint density at radius 1 is 1.11 bits per heavy atom. The molecular weight excluding hydrogens is 340 g/mol. The lowest BCUT2D eigenvalue weighted by Crippen LogP contribution is -2.32. The monoisotopic (exact) mass is 364 g/mol. The summed E-state index contributed by atoms with van der Waals surface area (Å²) in [5, 5.41) is 4.38. The van der Waals surface area contributed by atoms with Crippen molar-refractivity contribution in [2.75, 3.05) is 20.8 Å². The van der Waals surface area contributed by atoms with Crippen LogP contribution in [0.4, 0.5) is 0 Å². The van der Waals surface area contributed by atoms with E-state index < -0.39 is 0 Å². The number of methoxy groups -OCH3 is 2. The second-order valence-corrected chi connectivity index (χ2v) is 7.20. The van der Waals surface area contributed by atoms with Crippen LogP contribution in [0.25, 0.3) is 10.9 Å². The van der Waals surface area contributed by atoms with Gasteiger partial charge in [-0.2, -0.15) is 0 Å². The Labute approximate surface area is 158 Å². The van der Waals surface area contributed by atoms with Gasteiger partial charge in [0.15, 0.2) is 11.5 Å². The highest BCUT2D eigenvalue weighted by Gasteiger charge is 2.46. The predicted octanol–water partition coefficient (Wildman–Crippen LogP) is 3.96. The molecule has 1 heterocycles. The van der Waals surface area contributed by atoms with Crippen molar-refractivity contribution < 1.29 is 14.3 Å². The van der Waals surface area contributed by atoms with Gasteiger partial charge in [-0.05, 0) is 49.6 Å². The van der Waals surface area contributed by atoms with Crippen molar-refractivity contribution in [2.24, 2.45) is 0 Å². The molecule has 5 heteroatoms. The van der Waals surface area contributed by atoms with E-state index in [-0.39, 0.29) is 11.3 Å². The van der Waals surface area contributed by atoms with Crippen molar-refractivity contribution in [1.82, 2.24) is 10.3 Å². The fraction of sp³-hybridized carbons (Fsp3) is 0.318. The van der Waals surface area contributed by atoms with Gasteiger partial charge in [-0.1, -0.05) is 18.2 Å². The molecule has 2 N–H and O–H groups in total. The van der Waals surface area contributed by atoms with Gasteiger partial charge in [-0.3, -0.25) is 4.79 Å². The van der Waals surface area contributed by atoms with Gasteiger partial charge >= 0.3 is 0 Å². The predicted molar refractivity (Wildman–Crippen MR) is 106 cm³/mol. The maximum Gasteiger partial charge on any atom is 0.251 e. The standard InChI is InChI=1S/C22H24N2O3/c1-14-20(16-6-4-5-7-17(16)24-14)22(10-11-22)13-23-21(25)15-8-9-18(26-2)19(12-15)27-3/h4-9,12,24H,10-11,13H2,1-3H3,(H,23,25). The Hall–Kier alpha value is -2.95. The van der Waals surface area contributed by atoms with E-state index >= 15 is 0 Å². The molecule has 4 rings (SSSR count). The number of nitrogens with one attached hydrogen (secondary N) is 2. The Morgan fingerprint density at radius 2 is 1.85 bits per heavy atom. The fourth-order valence-electron chi connectivity index (χ4n) is 3.96. The van der Waals surface area contributed by atoms with E-state index in [9.17, 15) is 4.79 Å². The summed E-state index contributed by atoms with van der Waals surface area (Å²) < 4.78 is 10.5. The SMILES string of the molecule is COc1ccc(C(=O)NCC2(c3c(C)[nH]c4ccccc34)CC2)cc1OC. The third-order valence-electron chi connectivity index (χ3n) is 5.51. The molecule has 2 aromatic carbocycles. The normalized spacial score (nSPS) is 14.8. The van der Waals surface area contributed by atoms with Crippen molar-refractivity contribution in [3.8, 4) is 11.5 Å². The highest BCUT2D eigenvalue weighted by molar-refractivity contribution is 5.95. The number of amides is 1. The summed E-state index contributed by atoms with van der Waals surface area (Å²) in [6.45, 7) is 2.74. The number of fused-ring (bicyclic) bond motifs is 1. The van der Waals surface area contributed by atoms with Gasteiger partial charge in [-0.15, -0.1) is 0 Å². The molecule has 0 spiro atoms. The van der Waals surface area contributed by atoms with Crippen molar-refractivity contribution in [2.45, 2.75) is 25.2 Å². The van der Waals surface area contributed by atoms with E-state index in [1.54, 1.807) is 32.4 Å². The molecule has 1 aromatic heterocycles. The number of hydrogen-bond acceptors (Lipinski definition) is 3. The average Bonchev–Trinajstić information content (AvgIpc) is 3.39. The third kappa shape index (κ3) is 3.03. The Kier molecular flexibility index (Phi) is 4.30. The van der Waals surface area contributed by atoms with Gasteiger partial charge < -0.3 is 19.8 Å². The second-order valence-electron chi connectivity index (χ2n) is 7.20. The molecule has 1 amide bonds. The van der Waals surface area contributed by atoms with Crippen LogP contribution in [0.2, 0.25) is 0 Å². The Morgan fingerprint density at radius 3 is 2.56 bits per heavy atom. The van der Waals surface area contributed by atoms with E-state index in [1.807, 2.05) is 6.07 Å². The number of carbonyl (C=O) groups excluding carboxylic acids is 1. The number of aromatic nitrogens is 1. The number of rotatable bonds is 6. The third-order valence-corrected chi connectivity index (χ3v) is 5.51. The first-order chi connectivity index (χ1) is 13.1. The van der Waals surface area contributed by atoms with Crippen molar-refractivity contribution in [1.29, 1.82) is 0 Å². The van der Waals surface area contributed by atoms with Crippen LogP contribution < -0.4 is 14.8 Å². The largest absolute Gasteiger partial charge is 0.493 e. The van der Waals surface area contributed by atoms with E-state index in [0.717, 1.165) is 18.4 Å². The maximum atomic E-state index is 12.7. The zero-order valence-electron chi connectivity index (χ0n) is 15.9. The van der Waals surface area contributed by atoms with Gasteiger partial charge in [-0.25, -0.2) is 0 Å². The van der Waals surface area contributed by atoms with Crippen LogP contribution in [-0.4, -0.2) is 31.7 Å². The van der Waals surface area contributed by atoms with Gasteiger partial charge in [0, 0.05) is 34.1 Å². The Balaban J connectivity index is 1.54. The molecule has 0 atom stereocenters. The zero-order valence-corrected chi connectivity index (χ0v) is 15.9. The van der Waals surface area contributed by atoms with Gasteiger partial charge in [0.25, 0.3) is 5.91 Å². The minimum Gasteiger partial charge on any atom is -0.493 e. The van der Waals surface area contributed by atoms with Crippen molar-refractivity contribution in [3.63, 3.8) is 0 Å². The molecule has 5 nitrogen and oxygen atoms in total. The number of aromatic amines is 1. The van der Waals surface area contributed by atoms with Gasteiger partial charge in [0.1, 0.15) is 0 Å². The topological polar surface area (TPSA) is 63.3 Å². The highest BCUT2D eigenvalue weighted by Crippen LogP contribution is 2.51. The lowest BCUT2D eigenvalue weighted by Gasteiger charge is -2.18. The number of hydrogen-bond donors (Lipinski definition) is 2. The highest BCUT2D eigenvalue weighted by atomic mass is 16.5. The Bertz CT molecular complexity index is 1000. The van der Waals surface area contributed by atoms with Crippen LogP contribution >= 0.6 is 0 Å². The first-order valence-electron chi connectivity index (χ1n) is 9.16. The molecule has 3 aromatic rings. The van der Waals surface area contributed by atoms with E-state index in [4.69, 9.17) is 9.47 Å². The second kappa shape index (κ2) is 6.65. The summed E-state index contributed by atoms with van der Waals surface area (Å²) >= 11 is 0. The molecule has 0 aliphatic heterocycles. The lowest BCUT2D eigenvalue weighted by atomic mass is 9.93. The number of aryl methyl sites for hydroxylation is 1. The fourth-order valence-corrected chi connectivity index (χ4v) is 3.96. The average molecular weight is 364 g/mol. The first-order valence-corrected chi connectivity index (χ1v) is 9.16. The number of H-pyrrole nitrogens is 1. The molecule has 1 aliphatic carbocycles. The molecule has 0 radical (unpaired) electrons. The quantitative estimate of drug-likeness (QED) is 0.696. The van der Waals surface area contributed by atoms with E-state index in [1.165, 1.54) is 16.6 Å².